The maximum atomic E-state index is 6.77. The molecule has 0 radical (unpaired) electrons. The average Bonchev–Trinajstić information content (AvgIpc) is 3.75. The number of hydrogen-bond acceptors (Lipinski definition) is 4. The highest BCUT2D eigenvalue weighted by Crippen LogP contribution is 2.49. The molecule has 2 nitrogen and oxygen atoms in total. The van der Waals surface area contributed by atoms with Gasteiger partial charge in [0.1, 0.15) is 11.2 Å². The summed E-state index contributed by atoms with van der Waals surface area (Å²) in [5.74, 6) is 0. The Balaban J connectivity index is 1.30. The second-order valence-corrected chi connectivity index (χ2v) is 13.5. The first-order valence-electron chi connectivity index (χ1n) is 14.8. The lowest BCUT2D eigenvalue weighted by atomic mass is 10.0. The number of anilines is 3. The molecular formula is C40H23NOS2. The van der Waals surface area contributed by atoms with E-state index in [-0.39, 0.29) is 0 Å². The zero-order valence-corrected chi connectivity index (χ0v) is 25.1. The van der Waals surface area contributed by atoms with E-state index in [1.807, 2.05) is 22.7 Å². The summed E-state index contributed by atoms with van der Waals surface area (Å²) in [6.45, 7) is 0. The van der Waals surface area contributed by atoms with E-state index in [0.29, 0.717) is 0 Å². The van der Waals surface area contributed by atoms with E-state index in [2.05, 4.69) is 144 Å². The van der Waals surface area contributed by atoms with Crippen LogP contribution in [-0.2, 0) is 0 Å². The third kappa shape index (κ3) is 3.47. The van der Waals surface area contributed by atoms with Crippen molar-refractivity contribution in [3.63, 3.8) is 0 Å². The number of thiophene rings is 2. The predicted molar refractivity (Wildman–Crippen MR) is 192 cm³/mol. The van der Waals surface area contributed by atoms with Crippen molar-refractivity contribution >= 4 is 113 Å². The highest BCUT2D eigenvalue weighted by molar-refractivity contribution is 7.26. The van der Waals surface area contributed by atoms with Crippen molar-refractivity contribution < 1.29 is 4.42 Å². The number of fused-ring (bicyclic) bond motifs is 11. The lowest BCUT2D eigenvalue weighted by Gasteiger charge is -2.26. The van der Waals surface area contributed by atoms with Gasteiger partial charge in [0.05, 0.1) is 5.69 Å². The number of nitrogens with zero attached hydrogens (tertiary/aromatic N) is 1. The van der Waals surface area contributed by atoms with Crippen molar-refractivity contribution in [1.29, 1.82) is 0 Å². The van der Waals surface area contributed by atoms with Gasteiger partial charge in [0.2, 0.25) is 0 Å². The summed E-state index contributed by atoms with van der Waals surface area (Å²) < 4.78 is 11.9. The van der Waals surface area contributed by atoms with Crippen LogP contribution in [0.4, 0.5) is 17.1 Å². The minimum Gasteiger partial charge on any atom is -0.455 e. The molecule has 0 N–H and O–H groups in total. The number of para-hydroxylation sites is 1. The number of rotatable bonds is 3. The van der Waals surface area contributed by atoms with Crippen LogP contribution in [0, 0.1) is 0 Å². The molecule has 44 heavy (non-hydrogen) atoms. The molecule has 0 aliphatic carbocycles. The van der Waals surface area contributed by atoms with Gasteiger partial charge in [-0.2, -0.15) is 0 Å². The van der Waals surface area contributed by atoms with Crippen molar-refractivity contribution in [2.24, 2.45) is 0 Å². The van der Waals surface area contributed by atoms with Crippen LogP contribution in [0.2, 0.25) is 0 Å². The molecule has 0 unspecified atom stereocenters. The zero-order valence-electron chi connectivity index (χ0n) is 23.5. The van der Waals surface area contributed by atoms with Crippen molar-refractivity contribution in [1.82, 2.24) is 0 Å². The van der Waals surface area contributed by atoms with Gasteiger partial charge in [0, 0.05) is 62.5 Å². The van der Waals surface area contributed by atoms with E-state index in [4.69, 9.17) is 4.42 Å². The molecule has 0 fully saturated rings. The van der Waals surface area contributed by atoms with Gasteiger partial charge >= 0.3 is 0 Å². The van der Waals surface area contributed by atoms with Gasteiger partial charge in [-0.15, -0.1) is 22.7 Å². The SMILES string of the molecule is c1ccc(N(c2ccc3sc4ccccc4c3c2)c2cccc3sc4ccc5c6cc7ccccc7cc6oc5c4c23)cc1. The molecular weight excluding hydrogens is 575 g/mol. The van der Waals surface area contributed by atoms with Crippen LogP contribution in [0.25, 0.3) is 73.1 Å². The van der Waals surface area contributed by atoms with Gasteiger partial charge in [-0.25, -0.2) is 0 Å². The van der Waals surface area contributed by atoms with Crippen molar-refractivity contribution in [2.75, 3.05) is 4.90 Å². The van der Waals surface area contributed by atoms with Gasteiger partial charge in [0.25, 0.3) is 0 Å². The highest BCUT2D eigenvalue weighted by Gasteiger charge is 2.22. The maximum Gasteiger partial charge on any atom is 0.144 e. The Morgan fingerprint density at radius 3 is 2.05 bits per heavy atom. The minimum absolute atomic E-state index is 0.928. The Bertz CT molecular complexity index is 2730. The molecule has 4 heteroatoms. The van der Waals surface area contributed by atoms with Gasteiger partial charge < -0.3 is 9.32 Å². The van der Waals surface area contributed by atoms with Crippen molar-refractivity contribution in [3.05, 3.63) is 140 Å². The van der Waals surface area contributed by atoms with Crippen LogP contribution in [0.5, 0.6) is 0 Å². The Kier molecular flexibility index (Phi) is 5.06. The van der Waals surface area contributed by atoms with E-state index >= 15 is 0 Å². The standard InChI is InChI=1S/C40H23NOS2/c1-2-11-26(12-3-1)41(27-17-19-35-31(23-27)28-13-6-7-15-34(28)43-35)32-14-8-16-36-38(32)39-37(44-36)20-18-29-30-21-24-9-4-5-10-25(24)22-33(30)42-40(29)39/h1-23H. The molecule has 0 atom stereocenters. The monoisotopic (exact) mass is 597 g/mol. The minimum atomic E-state index is 0.928. The molecule has 3 aromatic heterocycles. The van der Waals surface area contributed by atoms with Crippen molar-refractivity contribution in [3.8, 4) is 0 Å². The van der Waals surface area contributed by atoms with Gasteiger partial charge in [-0.3, -0.25) is 0 Å². The van der Waals surface area contributed by atoms with Crippen LogP contribution in [0.3, 0.4) is 0 Å². The Morgan fingerprint density at radius 2 is 1.14 bits per heavy atom. The van der Waals surface area contributed by atoms with Crippen LogP contribution in [-0.4, -0.2) is 0 Å². The normalized spacial score (nSPS) is 12.1. The number of furan rings is 1. The summed E-state index contributed by atoms with van der Waals surface area (Å²) in [4.78, 5) is 2.41. The molecule has 0 amide bonds. The third-order valence-electron chi connectivity index (χ3n) is 8.82. The fourth-order valence-corrected chi connectivity index (χ4v) is 9.06. The molecule has 0 aliphatic heterocycles. The van der Waals surface area contributed by atoms with E-state index < -0.39 is 0 Å². The lowest BCUT2D eigenvalue weighted by Crippen LogP contribution is -2.10. The highest BCUT2D eigenvalue weighted by atomic mass is 32.1. The number of hydrogen-bond donors (Lipinski definition) is 0. The first kappa shape index (κ1) is 24.3. The fourth-order valence-electron chi connectivity index (χ4n) is 6.85. The van der Waals surface area contributed by atoms with Gasteiger partial charge in [-0.1, -0.05) is 66.7 Å². The summed E-state index contributed by atoms with van der Waals surface area (Å²) in [7, 11) is 0. The maximum absolute atomic E-state index is 6.77. The third-order valence-corrected chi connectivity index (χ3v) is 11.1. The summed E-state index contributed by atoms with van der Waals surface area (Å²) in [5.41, 5.74) is 5.30. The van der Waals surface area contributed by atoms with Gasteiger partial charge in [-0.05, 0) is 83.6 Å². The second kappa shape index (κ2) is 9.17. The molecule has 0 spiro atoms. The molecule has 0 saturated carbocycles. The zero-order chi connectivity index (χ0) is 28.8. The molecule has 7 aromatic carbocycles. The molecule has 0 bridgehead atoms. The summed E-state index contributed by atoms with van der Waals surface area (Å²) in [5, 5.41) is 9.73. The average molecular weight is 598 g/mol. The van der Waals surface area contributed by atoms with E-state index in [0.717, 1.165) is 39.0 Å². The quantitative estimate of drug-likeness (QED) is 0.201. The molecule has 0 saturated heterocycles. The Hall–Kier alpha value is -5.16. The first-order chi connectivity index (χ1) is 21.8. The Labute approximate surface area is 260 Å². The summed E-state index contributed by atoms with van der Waals surface area (Å²) in [6, 6.07) is 50.5. The predicted octanol–water partition coefficient (Wildman–Crippen LogP) is 12.9. The van der Waals surface area contributed by atoms with E-state index in [1.54, 1.807) is 0 Å². The smallest absolute Gasteiger partial charge is 0.144 e. The van der Waals surface area contributed by atoms with Crippen molar-refractivity contribution in [2.45, 2.75) is 0 Å². The Morgan fingerprint density at radius 1 is 0.432 bits per heavy atom. The van der Waals surface area contributed by atoms with Crippen LogP contribution in [0.1, 0.15) is 0 Å². The number of benzene rings is 7. The molecule has 10 aromatic rings. The largest absolute Gasteiger partial charge is 0.455 e. The van der Waals surface area contributed by atoms with Crippen LogP contribution < -0.4 is 4.90 Å². The lowest BCUT2D eigenvalue weighted by molar-refractivity contribution is 0.673. The summed E-state index contributed by atoms with van der Waals surface area (Å²) >= 11 is 3.69. The second-order valence-electron chi connectivity index (χ2n) is 11.3. The topological polar surface area (TPSA) is 16.4 Å². The van der Waals surface area contributed by atoms with Gasteiger partial charge in [0.15, 0.2) is 0 Å². The van der Waals surface area contributed by atoms with E-state index in [9.17, 15) is 0 Å². The molecule has 3 heterocycles. The summed E-state index contributed by atoms with van der Waals surface area (Å²) in [6.07, 6.45) is 0. The van der Waals surface area contributed by atoms with E-state index in [1.165, 1.54) is 51.1 Å². The van der Waals surface area contributed by atoms with Crippen LogP contribution >= 0.6 is 22.7 Å². The fraction of sp³-hybridized carbons (Fsp3) is 0. The molecule has 206 valence electrons. The molecule has 0 aliphatic rings. The molecule has 10 rings (SSSR count). The van der Waals surface area contributed by atoms with Crippen LogP contribution in [0.15, 0.2) is 144 Å². The first-order valence-corrected chi connectivity index (χ1v) is 16.4.